The van der Waals surface area contributed by atoms with Crippen molar-refractivity contribution in [3.05, 3.63) is 65.7 Å². The third kappa shape index (κ3) is 3.49. The van der Waals surface area contributed by atoms with Gasteiger partial charge in [0.25, 0.3) is 5.91 Å². The van der Waals surface area contributed by atoms with E-state index in [1.54, 1.807) is 55.6 Å². The number of ether oxygens (including phenoxy) is 1. The Balaban J connectivity index is 1.74. The molecule has 2 aromatic carbocycles. The molecule has 0 saturated heterocycles. The molecule has 116 valence electrons. The number of halogens is 1. The average Bonchev–Trinajstić information content (AvgIpc) is 3.06. The van der Waals surface area contributed by atoms with Crippen LogP contribution >= 0.6 is 11.6 Å². The first-order valence-corrected chi connectivity index (χ1v) is 7.16. The van der Waals surface area contributed by atoms with Gasteiger partial charge in [0, 0.05) is 10.7 Å². The van der Waals surface area contributed by atoms with Crippen molar-refractivity contribution in [2.45, 2.75) is 0 Å². The summed E-state index contributed by atoms with van der Waals surface area (Å²) in [5, 5.41) is 7.53. The zero-order valence-electron chi connectivity index (χ0n) is 12.2. The molecule has 1 heterocycles. The van der Waals surface area contributed by atoms with Gasteiger partial charge in [0.05, 0.1) is 12.8 Å². The van der Waals surface area contributed by atoms with Gasteiger partial charge in [-0.3, -0.25) is 4.79 Å². The molecule has 7 heteroatoms. The second kappa shape index (κ2) is 6.50. The fourth-order valence-electron chi connectivity index (χ4n) is 1.95. The van der Waals surface area contributed by atoms with Gasteiger partial charge in [-0.15, -0.1) is 5.10 Å². The minimum absolute atomic E-state index is 0.0794. The SMILES string of the molecule is COc1ccc(NC(=O)c2ncn(-c3ccc(Cl)cc3)n2)cc1. The van der Waals surface area contributed by atoms with E-state index in [4.69, 9.17) is 16.3 Å². The second-order valence-corrected chi connectivity index (χ2v) is 5.11. The number of hydrogen-bond acceptors (Lipinski definition) is 4. The van der Waals surface area contributed by atoms with Crippen LogP contribution in [-0.4, -0.2) is 27.8 Å². The Hall–Kier alpha value is -2.86. The first-order chi connectivity index (χ1) is 11.2. The molecule has 0 fully saturated rings. The van der Waals surface area contributed by atoms with Gasteiger partial charge in [-0.05, 0) is 48.5 Å². The Morgan fingerprint density at radius 2 is 1.83 bits per heavy atom. The van der Waals surface area contributed by atoms with E-state index in [0.29, 0.717) is 16.5 Å². The molecular formula is C16H13ClN4O2. The predicted molar refractivity (Wildman–Crippen MR) is 87.3 cm³/mol. The van der Waals surface area contributed by atoms with Gasteiger partial charge in [-0.25, -0.2) is 9.67 Å². The van der Waals surface area contributed by atoms with Crippen molar-refractivity contribution in [1.82, 2.24) is 14.8 Å². The quantitative estimate of drug-likeness (QED) is 0.798. The first kappa shape index (κ1) is 15.1. The average molecular weight is 329 g/mol. The fourth-order valence-corrected chi connectivity index (χ4v) is 2.07. The van der Waals surface area contributed by atoms with Crippen molar-refractivity contribution in [2.75, 3.05) is 12.4 Å². The number of methoxy groups -OCH3 is 1. The molecule has 0 radical (unpaired) electrons. The molecule has 0 spiro atoms. The normalized spacial score (nSPS) is 10.3. The number of nitrogens with one attached hydrogen (secondary N) is 1. The van der Waals surface area contributed by atoms with Crippen molar-refractivity contribution >= 4 is 23.2 Å². The first-order valence-electron chi connectivity index (χ1n) is 6.79. The van der Waals surface area contributed by atoms with Gasteiger partial charge in [-0.2, -0.15) is 0 Å². The van der Waals surface area contributed by atoms with Gasteiger partial charge in [-0.1, -0.05) is 11.6 Å². The molecule has 3 aromatic rings. The lowest BCUT2D eigenvalue weighted by Gasteiger charge is -2.04. The summed E-state index contributed by atoms with van der Waals surface area (Å²) in [6.07, 6.45) is 1.48. The Labute approximate surface area is 137 Å². The van der Waals surface area contributed by atoms with Crippen LogP contribution in [0.1, 0.15) is 10.6 Å². The van der Waals surface area contributed by atoms with E-state index in [1.165, 1.54) is 11.0 Å². The van der Waals surface area contributed by atoms with Crippen LogP contribution < -0.4 is 10.1 Å². The molecule has 1 aromatic heterocycles. The van der Waals surface area contributed by atoms with E-state index in [-0.39, 0.29) is 11.7 Å². The Kier molecular flexibility index (Phi) is 4.25. The molecular weight excluding hydrogens is 316 g/mol. The van der Waals surface area contributed by atoms with Gasteiger partial charge in [0.2, 0.25) is 5.82 Å². The number of aromatic nitrogens is 3. The van der Waals surface area contributed by atoms with Crippen molar-refractivity contribution < 1.29 is 9.53 Å². The molecule has 0 saturated carbocycles. The van der Waals surface area contributed by atoms with Crippen molar-refractivity contribution in [1.29, 1.82) is 0 Å². The maximum absolute atomic E-state index is 12.2. The van der Waals surface area contributed by atoms with Crippen LogP contribution in [0.25, 0.3) is 5.69 Å². The summed E-state index contributed by atoms with van der Waals surface area (Å²) >= 11 is 5.85. The molecule has 1 N–H and O–H groups in total. The maximum Gasteiger partial charge on any atom is 0.295 e. The van der Waals surface area contributed by atoms with Crippen molar-refractivity contribution in [3.63, 3.8) is 0 Å². The molecule has 1 amide bonds. The molecule has 23 heavy (non-hydrogen) atoms. The van der Waals surface area contributed by atoms with Gasteiger partial charge in [0.1, 0.15) is 12.1 Å². The molecule has 0 atom stereocenters. The number of nitrogens with zero attached hydrogens (tertiary/aromatic N) is 3. The summed E-state index contributed by atoms with van der Waals surface area (Å²) in [7, 11) is 1.58. The standard InChI is InChI=1S/C16H13ClN4O2/c1-23-14-8-4-12(5-9-14)19-16(22)15-18-10-21(20-15)13-6-2-11(17)3-7-13/h2-10H,1H3,(H,19,22). The Morgan fingerprint density at radius 1 is 1.13 bits per heavy atom. The Bertz CT molecular complexity index is 813. The zero-order chi connectivity index (χ0) is 16.2. The molecule has 0 aliphatic carbocycles. The van der Waals surface area contributed by atoms with E-state index >= 15 is 0 Å². The van der Waals surface area contributed by atoms with Crippen LogP contribution in [0.15, 0.2) is 54.9 Å². The van der Waals surface area contributed by atoms with Crippen molar-refractivity contribution in [2.24, 2.45) is 0 Å². The monoisotopic (exact) mass is 328 g/mol. The third-order valence-corrected chi connectivity index (χ3v) is 3.39. The lowest BCUT2D eigenvalue weighted by molar-refractivity contribution is 0.101. The smallest absolute Gasteiger partial charge is 0.295 e. The summed E-state index contributed by atoms with van der Waals surface area (Å²) < 4.78 is 6.58. The van der Waals surface area contributed by atoms with E-state index < -0.39 is 0 Å². The molecule has 0 aliphatic rings. The Morgan fingerprint density at radius 3 is 2.48 bits per heavy atom. The third-order valence-electron chi connectivity index (χ3n) is 3.13. The van der Waals surface area contributed by atoms with Gasteiger partial charge < -0.3 is 10.1 Å². The highest BCUT2D eigenvalue weighted by atomic mass is 35.5. The summed E-state index contributed by atoms with van der Waals surface area (Å²) in [5.41, 5.74) is 1.41. The highest BCUT2D eigenvalue weighted by molar-refractivity contribution is 6.30. The van der Waals surface area contributed by atoms with Crippen LogP contribution in [0.3, 0.4) is 0 Å². The van der Waals surface area contributed by atoms with E-state index in [2.05, 4.69) is 15.4 Å². The number of rotatable bonds is 4. The number of benzene rings is 2. The van der Waals surface area contributed by atoms with E-state index in [9.17, 15) is 4.79 Å². The molecule has 6 nitrogen and oxygen atoms in total. The highest BCUT2D eigenvalue weighted by Crippen LogP contribution is 2.16. The number of carbonyl (C=O) groups excluding carboxylic acids is 1. The van der Waals surface area contributed by atoms with Crippen LogP contribution in [0, 0.1) is 0 Å². The van der Waals surface area contributed by atoms with Crippen LogP contribution in [0.2, 0.25) is 5.02 Å². The van der Waals surface area contributed by atoms with E-state index in [0.717, 1.165) is 5.69 Å². The summed E-state index contributed by atoms with van der Waals surface area (Å²) in [6.45, 7) is 0. The lowest BCUT2D eigenvalue weighted by atomic mass is 10.3. The summed E-state index contributed by atoms with van der Waals surface area (Å²) in [6, 6.07) is 14.1. The lowest BCUT2D eigenvalue weighted by Crippen LogP contribution is -2.14. The number of carbonyl (C=O) groups is 1. The minimum atomic E-state index is -0.386. The maximum atomic E-state index is 12.2. The highest BCUT2D eigenvalue weighted by Gasteiger charge is 2.12. The van der Waals surface area contributed by atoms with Gasteiger partial charge >= 0.3 is 0 Å². The topological polar surface area (TPSA) is 69.0 Å². The fraction of sp³-hybridized carbons (Fsp3) is 0.0625. The molecule has 3 rings (SSSR count). The van der Waals surface area contributed by atoms with Crippen LogP contribution in [0.5, 0.6) is 5.75 Å². The number of anilines is 1. The van der Waals surface area contributed by atoms with Crippen LogP contribution in [-0.2, 0) is 0 Å². The summed E-state index contributed by atoms with van der Waals surface area (Å²) in [5.74, 6) is 0.409. The van der Waals surface area contributed by atoms with E-state index in [1.807, 2.05) is 0 Å². The molecule has 0 bridgehead atoms. The van der Waals surface area contributed by atoms with Crippen LogP contribution in [0.4, 0.5) is 5.69 Å². The molecule has 0 unspecified atom stereocenters. The number of hydrogen-bond donors (Lipinski definition) is 1. The molecule has 0 aliphatic heterocycles. The predicted octanol–water partition coefficient (Wildman–Crippen LogP) is 3.18. The zero-order valence-corrected chi connectivity index (χ0v) is 13.0. The summed E-state index contributed by atoms with van der Waals surface area (Å²) in [4.78, 5) is 16.2. The number of amides is 1. The van der Waals surface area contributed by atoms with Gasteiger partial charge in [0.15, 0.2) is 0 Å². The van der Waals surface area contributed by atoms with Crippen molar-refractivity contribution in [3.8, 4) is 11.4 Å². The largest absolute Gasteiger partial charge is 0.497 e. The second-order valence-electron chi connectivity index (χ2n) is 4.67. The minimum Gasteiger partial charge on any atom is -0.497 e.